The first kappa shape index (κ1) is 13.8. The number of hydrogen-bond acceptors (Lipinski definition) is 4. The third-order valence-electron chi connectivity index (χ3n) is 1.25. The van der Waals surface area contributed by atoms with Gasteiger partial charge in [-0.05, 0) is 25.2 Å². The zero-order valence-corrected chi connectivity index (χ0v) is 9.81. The zero-order chi connectivity index (χ0) is 11.0. The Kier molecular flexibility index (Phi) is 6.98. The van der Waals surface area contributed by atoms with Gasteiger partial charge in [-0.15, -0.1) is 6.58 Å². The fourth-order valence-electron chi connectivity index (χ4n) is 0.579. The van der Waals surface area contributed by atoms with Crippen molar-refractivity contribution in [2.45, 2.75) is 19.8 Å². The van der Waals surface area contributed by atoms with Gasteiger partial charge in [-0.1, -0.05) is 5.57 Å². The normalized spacial score (nSPS) is 14.4. The van der Waals surface area contributed by atoms with Crippen LogP contribution in [0.1, 0.15) is 19.8 Å². The second-order valence-corrected chi connectivity index (χ2v) is 5.59. The molecule has 0 spiro atoms. The molecule has 0 saturated carbocycles. The number of nitriles is 1. The molecule has 0 amide bonds. The van der Waals surface area contributed by atoms with Crippen molar-refractivity contribution >= 4 is 18.5 Å². The molecular formula is C8H14NO3PS. The minimum Gasteiger partial charge on any atom is -0.324 e. The van der Waals surface area contributed by atoms with Gasteiger partial charge in [0, 0.05) is 0 Å². The summed E-state index contributed by atoms with van der Waals surface area (Å²) in [6, 6.07) is 1.88. The van der Waals surface area contributed by atoms with Gasteiger partial charge in [0.15, 0.2) is 0 Å². The van der Waals surface area contributed by atoms with Crippen LogP contribution in [0.15, 0.2) is 12.2 Å². The molecule has 4 nitrogen and oxygen atoms in total. The van der Waals surface area contributed by atoms with E-state index in [1.807, 2.05) is 13.0 Å². The van der Waals surface area contributed by atoms with Gasteiger partial charge < -0.3 is 13.9 Å². The minimum atomic E-state index is -3.14. The van der Waals surface area contributed by atoms with Crippen molar-refractivity contribution in [3.8, 4) is 6.07 Å². The SMILES string of the molecule is C=C(C)CCOP(O)(=S)OCCC#N. The molecule has 0 aliphatic carbocycles. The lowest BCUT2D eigenvalue weighted by Crippen LogP contribution is -1.98. The monoisotopic (exact) mass is 235 g/mol. The van der Waals surface area contributed by atoms with Gasteiger partial charge in [0.1, 0.15) is 0 Å². The molecule has 0 aromatic heterocycles. The van der Waals surface area contributed by atoms with Crippen molar-refractivity contribution in [2.24, 2.45) is 0 Å². The van der Waals surface area contributed by atoms with Crippen LogP contribution in [-0.2, 0) is 20.9 Å². The Hall–Kier alpha value is -0.240. The third-order valence-corrected chi connectivity index (χ3v) is 2.90. The van der Waals surface area contributed by atoms with Crippen LogP contribution in [0.2, 0.25) is 0 Å². The molecule has 0 aliphatic heterocycles. The maximum Gasteiger partial charge on any atom is 0.324 e. The van der Waals surface area contributed by atoms with E-state index in [2.05, 4.69) is 6.58 Å². The van der Waals surface area contributed by atoms with Crippen LogP contribution in [0.25, 0.3) is 0 Å². The standard InChI is InChI=1S/C8H14NO3PS/c1-8(2)4-7-12-13(10,14)11-6-3-5-9/h1,3-4,6-7H2,2H3,(H,10,14). The summed E-state index contributed by atoms with van der Waals surface area (Å²) in [5, 5.41) is 8.23. The van der Waals surface area contributed by atoms with Crippen molar-refractivity contribution in [1.29, 1.82) is 5.26 Å². The van der Waals surface area contributed by atoms with Crippen molar-refractivity contribution in [2.75, 3.05) is 13.2 Å². The van der Waals surface area contributed by atoms with E-state index in [1.54, 1.807) is 0 Å². The first-order valence-corrected chi connectivity index (χ1v) is 6.70. The summed E-state index contributed by atoms with van der Waals surface area (Å²) < 4.78 is 9.83. The third kappa shape index (κ3) is 8.36. The predicted octanol–water partition coefficient (Wildman–Crippen LogP) is 2.12. The van der Waals surface area contributed by atoms with Crippen LogP contribution in [0.5, 0.6) is 0 Å². The average Bonchev–Trinajstić information content (AvgIpc) is 2.03. The van der Waals surface area contributed by atoms with Gasteiger partial charge in [-0.25, -0.2) is 0 Å². The van der Waals surface area contributed by atoms with E-state index >= 15 is 0 Å². The molecule has 1 unspecified atom stereocenters. The largest absolute Gasteiger partial charge is 0.324 e. The molecule has 0 aromatic carbocycles. The molecule has 0 aromatic rings. The smallest absolute Gasteiger partial charge is 0.324 e. The lowest BCUT2D eigenvalue weighted by molar-refractivity contribution is 0.201. The van der Waals surface area contributed by atoms with Crippen LogP contribution < -0.4 is 0 Å². The fourth-order valence-corrected chi connectivity index (χ4v) is 1.74. The van der Waals surface area contributed by atoms with Crippen LogP contribution in [0, 0.1) is 11.3 Å². The van der Waals surface area contributed by atoms with Gasteiger partial charge >= 0.3 is 6.72 Å². The first-order chi connectivity index (χ1) is 6.48. The summed E-state index contributed by atoms with van der Waals surface area (Å²) >= 11 is 4.69. The highest BCUT2D eigenvalue weighted by atomic mass is 32.5. The molecule has 0 fully saturated rings. The minimum absolute atomic E-state index is 0.108. The summed E-state index contributed by atoms with van der Waals surface area (Å²) in [7, 11) is 0. The van der Waals surface area contributed by atoms with Crippen molar-refractivity contribution in [3.05, 3.63) is 12.2 Å². The Bertz CT molecular complexity index is 274. The van der Waals surface area contributed by atoms with Crippen LogP contribution in [0.3, 0.4) is 0 Å². The fraction of sp³-hybridized carbons (Fsp3) is 0.625. The molecule has 1 N–H and O–H groups in total. The first-order valence-electron chi connectivity index (χ1n) is 4.11. The van der Waals surface area contributed by atoms with E-state index < -0.39 is 6.72 Å². The zero-order valence-electron chi connectivity index (χ0n) is 8.10. The molecule has 0 bridgehead atoms. The number of nitrogens with zero attached hydrogens (tertiary/aromatic N) is 1. The topological polar surface area (TPSA) is 62.5 Å². The van der Waals surface area contributed by atoms with E-state index in [9.17, 15) is 4.89 Å². The average molecular weight is 235 g/mol. The van der Waals surface area contributed by atoms with Crippen LogP contribution >= 0.6 is 6.72 Å². The van der Waals surface area contributed by atoms with Crippen molar-refractivity contribution in [3.63, 3.8) is 0 Å². The molecule has 1 atom stereocenters. The van der Waals surface area contributed by atoms with Crippen LogP contribution in [0.4, 0.5) is 0 Å². The summed E-state index contributed by atoms with van der Waals surface area (Å²) in [5.41, 5.74) is 0.956. The van der Waals surface area contributed by atoms with Crippen molar-refractivity contribution in [1.82, 2.24) is 0 Å². The van der Waals surface area contributed by atoms with Crippen molar-refractivity contribution < 1.29 is 13.9 Å². The number of hydrogen-bond donors (Lipinski definition) is 1. The Morgan fingerprint density at radius 1 is 1.57 bits per heavy atom. The van der Waals surface area contributed by atoms with Gasteiger partial charge in [-0.2, -0.15) is 5.26 Å². The van der Waals surface area contributed by atoms with Gasteiger partial charge in [-0.3, -0.25) is 0 Å². The molecule has 6 heteroatoms. The molecule has 0 heterocycles. The quantitative estimate of drug-likeness (QED) is 0.416. The second-order valence-electron chi connectivity index (χ2n) is 2.75. The molecule has 0 rings (SSSR count). The van der Waals surface area contributed by atoms with E-state index in [1.165, 1.54) is 0 Å². The van der Waals surface area contributed by atoms with Gasteiger partial charge in [0.2, 0.25) is 0 Å². The van der Waals surface area contributed by atoms with Gasteiger partial charge in [0.25, 0.3) is 0 Å². The Morgan fingerprint density at radius 3 is 2.64 bits per heavy atom. The predicted molar refractivity (Wildman–Crippen MR) is 58.1 cm³/mol. The number of rotatable bonds is 7. The molecule has 0 saturated heterocycles. The maximum absolute atomic E-state index is 9.40. The van der Waals surface area contributed by atoms with E-state index in [-0.39, 0.29) is 13.0 Å². The molecular weight excluding hydrogens is 221 g/mol. The summed E-state index contributed by atoms with van der Waals surface area (Å²) in [6.45, 7) is 2.82. The molecule has 0 aliphatic rings. The molecule has 14 heavy (non-hydrogen) atoms. The lowest BCUT2D eigenvalue weighted by Gasteiger charge is -2.14. The second kappa shape index (κ2) is 7.10. The van der Waals surface area contributed by atoms with E-state index in [0.717, 1.165) is 5.57 Å². The lowest BCUT2D eigenvalue weighted by atomic mass is 10.3. The Labute approximate surface area is 89.4 Å². The summed E-state index contributed by atoms with van der Waals surface area (Å²) in [4.78, 5) is 9.40. The van der Waals surface area contributed by atoms with Crippen LogP contribution in [-0.4, -0.2) is 18.1 Å². The highest BCUT2D eigenvalue weighted by Crippen LogP contribution is 2.43. The Balaban J connectivity index is 3.67. The maximum atomic E-state index is 9.40. The summed E-state index contributed by atoms with van der Waals surface area (Å²) in [6.07, 6.45) is 0.837. The summed E-state index contributed by atoms with van der Waals surface area (Å²) in [5.74, 6) is 0. The van der Waals surface area contributed by atoms with Gasteiger partial charge in [0.05, 0.1) is 25.7 Å². The van der Waals surface area contributed by atoms with E-state index in [0.29, 0.717) is 13.0 Å². The highest BCUT2D eigenvalue weighted by Gasteiger charge is 2.13. The molecule has 0 radical (unpaired) electrons. The molecule has 80 valence electrons. The Morgan fingerprint density at radius 2 is 2.14 bits per heavy atom. The highest BCUT2D eigenvalue weighted by molar-refractivity contribution is 8.07. The van der Waals surface area contributed by atoms with E-state index in [4.69, 9.17) is 26.1 Å².